The van der Waals surface area contributed by atoms with Gasteiger partial charge in [0.2, 0.25) is 5.91 Å². The Morgan fingerprint density at radius 1 is 1.39 bits per heavy atom. The summed E-state index contributed by atoms with van der Waals surface area (Å²) < 4.78 is 0.952. The molecule has 1 aromatic rings. The second kappa shape index (κ2) is 4.88. The third-order valence-corrected chi connectivity index (χ3v) is 3.93. The summed E-state index contributed by atoms with van der Waals surface area (Å²) in [7, 11) is 0. The molecule has 0 spiro atoms. The highest BCUT2D eigenvalue weighted by atomic mass is 79.9. The molecule has 2 aliphatic rings. The van der Waals surface area contributed by atoms with Crippen molar-refractivity contribution in [3.05, 3.63) is 22.9 Å². The number of amides is 1. The van der Waals surface area contributed by atoms with Gasteiger partial charge in [0, 0.05) is 23.3 Å². The first-order valence-electron chi connectivity index (χ1n) is 6.41. The Morgan fingerprint density at radius 3 is 2.94 bits per heavy atom. The first kappa shape index (κ1) is 12.0. The van der Waals surface area contributed by atoms with Crippen LogP contribution >= 0.6 is 15.9 Å². The largest absolute Gasteiger partial charge is 0.358 e. The lowest BCUT2D eigenvalue weighted by Crippen LogP contribution is -2.44. The predicted octanol–water partition coefficient (Wildman–Crippen LogP) is 2.09. The van der Waals surface area contributed by atoms with Crippen LogP contribution in [-0.4, -0.2) is 29.5 Å². The summed E-state index contributed by atoms with van der Waals surface area (Å²) in [6, 6.07) is 2.43. The fraction of sp³-hybridized carbons (Fsp3) is 0.538. The number of nitrogens with one attached hydrogen (secondary N) is 1. The quantitative estimate of drug-likeness (QED) is 0.930. The molecule has 3 rings (SSSR count). The van der Waals surface area contributed by atoms with Crippen molar-refractivity contribution in [1.29, 1.82) is 0 Å². The zero-order chi connectivity index (χ0) is 12.5. The zero-order valence-electron chi connectivity index (χ0n) is 10.1. The van der Waals surface area contributed by atoms with Crippen LogP contribution in [0.15, 0.2) is 22.9 Å². The van der Waals surface area contributed by atoms with Crippen molar-refractivity contribution < 1.29 is 4.79 Å². The van der Waals surface area contributed by atoms with Crippen LogP contribution in [0.2, 0.25) is 0 Å². The van der Waals surface area contributed by atoms with E-state index in [1.807, 2.05) is 12.3 Å². The molecule has 1 amide bonds. The standard InChI is InChI=1S/C13H16BrN3O/c14-9-6-11(8-15-7-9)17-5-1-2-12(17)13(18)16-10-3-4-10/h6-8,10,12H,1-5H2,(H,16,18)/t12-/m0/s1. The van der Waals surface area contributed by atoms with Gasteiger partial charge in [0.05, 0.1) is 11.9 Å². The smallest absolute Gasteiger partial charge is 0.242 e. The number of rotatable bonds is 3. The van der Waals surface area contributed by atoms with Crippen LogP contribution in [0.3, 0.4) is 0 Å². The van der Waals surface area contributed by atoms with E-state index in [0.717, 1.165) is 42.4 Å². The van der Waals surface area contributed by atoms with Crippen LogP contribution in [0, 0.1) is 0 Å². The fourth-order valence-electron chi connectivity index (χ4n) is 2.43. The summed E-state index contributed by atoms with van der Waals surface area (Å²) in [5, 5.41) is 3.10. The van der Waals surface area contributed by atoms with Crippen LogP contribution in [0.4, 0.5) is 5.69 Å². The second-order valence-electron chi connectivity index (χ2n) is 5.00. The van der Waals surface area contributed by atoms with Crippen LogP contribution in [-0.2, 0) is 4.79 Å². The molecule has 2 fully saturated rings. The predicted molar refractivity (Wildman–Crippen MR) is 73.5 cm³/mol. The van der Waals surface area contributed by atoms with Crippen molar-refractivity contribution in [2.75, 3.05) is 11.4 Å². The Labute approximate surface area is 115 Å². The Kier molecular flexibility index (Phi) is 3.24. The van der Waals surface area contributed by atoms with E-state index in [9.17, 15) is 4.79 Å². The van der Waals surface area contributed by atoms with Crippen molar-refractivity contribution in [2.24, 2.45) is 0 Å². The average molecular weight is 310 g/mol. The van der Waals surface area contributed by atoms with Crippen LogP contribution in [0.25, 0.3) is 0 Å². The monoisotopic (exact) mass is 309 g/mol. The summed E-state index contributed by atoms with van der Waals surface area (Å²) >= 11 is 3.43. The molecule has 1 saturated heterocycles. The molecule has 5 heteroatoms. The van der Waals surface area contributed by atoms with Gasteiger partial charge in [0.25, 0.3) is 0 Å². The van der Waals surface area contributed by atoms with Crippen molar-refractivity contribution in [3.63, 3.8) is 0 Å². The highest BCUT2D eigenvalue weighted by Crippen LogP contribution is 2.28. The van der Waals surface area contributed by atoms with Crippen molar-refractivity contribution >= 4 is 27.5 Å². The van der Waals surface area contributed by atoms with Gasteiger partial charge < -0.3 is 10.2 Å². The molecule has 96 valence electrons. The lowest BCUT2D eigenvalue weighted by molar-refractivity contribution is -0.122. The molecule has 1 saturated carbocycles. The molecular weight excluding hydrogens is 294 g/mol. The minimum atomic E-state index is -0.0262. The topological polar surface area (TPSA) is 45.2 Å². The summed E-state index contributed by atoms with van der Waals surface area (Å²) in [6.07, 6.45) is 7.86. The van der Waals surface area contributed by atoms with Crippen molar-refractivity contribution in [3.8, 4) is 0 Å². The van der Waals surface area contributed by atoms with E-state index in [-0.39, 0.29) is 11.9 Å². The number of halogens is 1. The number of carbonyl (C=O) groups is 1. The molecule has 0 aromatic carbocycles. The lowest BCUT2D eigenvalue weighted by Gasteiger charge is -2.25. The number of anilines is 1. The third-order valence-electron chi connectivity index (χ3n) is 3.50. The normalized spacial score (nSPS) is 23.2. The zero-order valence-corrected chi connectivity index (χ0v) is 11.7. The number of pyridine rings is 1. The third kappa shape index (κ3) is 2.51. The Bertz CT molecular complexity index is 461. The van der Waals surface area contributed by atoms with E-state index >= 15 is 0 Å². The van der Waals surface area contributed by atoms with Crippen molar-refractivity contribution in [1.82, 2.24) is 10.3 Å². The van der Waals surface area contributed by atoms with Gasteiger partial charge >= 0.3 is 0 Å². The molecule has 1 aliphatic carbocycles. The highest BCUT2D eigenvalue weighted by molar-refractivity contribution is 9.10. The SMILES string of the molecule is O=C(NC1CC1)[C@@H]1CCCN1c1cncc(Br)c1. The van der Waals surface area contributed by atoms with Gasteiger partial charge in [-0.05, 0) is 47.7 Å². The Hall–Kier alpha value is -1.10. The average Bonchev–Trinajstić information content (AvgIpc) is 3.03. The first-order chi connectivity index (χ1) is 8.74. The molecule has 1 N–H and O–H groups in total. The van der Waals surface area contributed by atoms with Crippen LogP contribution in [0.5, 0.6) is 0 Å². The van der Waals surface area contributed by atoms with Gasteiger partial charge in [0.15, 0.2) is 0 Å². The minimum absolute atomic E-state index is 0.0262. The van der Waals surface area contributed by atoms with Gasteiger partial charge in [-0.2, -0.15) is 0 Å². The van der Waals surface area contributed by atoms with E-state index in [1.165, 1.54) is 0 Å². The van der Waals surface area contributed by atoms with E-state index < -0.39 is 0 Å². The van der Waals surface area contributed by atoms with Gasteiger partial charge in [-0.25, -0.2) is 0 Å². The fourth-order valence-corrected chi connectivity index (χ4v) is 2.78. The summed E-state index contributed by atoms with van der Waals surface area (Å²) in [4.78, 5) is 18.5. The summed E-state index contributed by atoms with van der Waals surface area (Å²) in [5.74, 6) is 0.176. The number of aromatic nitrogens is 1. The minimum Gasteiger partial charge on any atom is -0.358 e. The molecular formula is C13H16BrN3O. The van der Waals surface area contributed by atoms with Crippen LogP contribution in [0.1, 0.15) is 25.7 Å². The van der Waals surface area contributed by atoms with E-state index in [4.69, 9.17) is 0 Å². The molecule has 0 bridgehead atoms. The Balaban J connectivity index is 1.75. The van der Waals surface area contributed by atoms with E-state index in [1.54, 1.807) is 6.20 Å². The number of nitrogens with zero attached hydrogens (tertiary/aromatic N) is 2. The molecule has 1 aromatic heterocycles. The Morgan fingerprint density at radius 2 is 2.22 bits per heavy atom. The maximum atomic E-state index is 12.2. The number of carbonyl (C=O) groups excluding carboxylic acids is 1. The molecule has 0 unspecified atom stereocenters. The molecule has 2 heterocycles. The van der Waals surface area contributed by atoms with Gasteiger partial charge in [-0.15, -0.1) is 0 Å². The molecule has 1 aliphatic heterocycles. The number of hydrogen-bond acceptors (Lipinski definition) is 3. The maximum absolute atomic E-state index is 12.2. The second-order valence-corrected chi connectivity index (χ2v) is 5.91. The van der Waals surface area contributed by atoms with E-state index in [2.05, 4.69) is 31.1 Å². The van der Waals surface area contributed by atoms with Gasteiger partial charge in [0.1, 0.15) is 6.04 Å². The highest BCUT2D eigenvalue weighted by Gasteiger charge is 2.34. The van der Waals surface area contributed by atoms with Crippen LogP contribution < -0.4 is 10.2 Å². The number of hydrogen-bond donors (Lipinski definition) is 1. The molecule has 1 atom stereocenters. The first-order valence-corrected chi connectivity index (χ1v) is 7.21. The van der Waals surface area contributed by atoms with Crippen molar-refractivity contribution in [2.45, 2.75) is 37.8 Å². The van der Waals surface area contributed by atoms with Gasteiger partial charge in [-0.1, -0.05) is 0 Å². The maximum Gasteiger partial charge on any atom is 0.242 e. The lowest BCUT2D eigenvalue weighted by atomic mass is 10.2. The summed E-state index contributed by atoms with van der Waals surface area (Å²) in [5.41, 5.74) is 1.03. The molecule has 0 radical (unpaired) electrons. The van der Waals surface area contributed by atoms with Gasteiger partial charge in [-0.3, -0.25) is 9.78 Å². The molecule has 18 heavy (non-hydrogen) atoms. The molecule has 4 nitrogen and oxygen atoms in total. The van der Waals surface area contributed by atoms with E-state index in [0.29, 0.717) is 6.04 Å². The summed E-state index contributed by atoms with van der Waals surface area (Å²) in [6.45, 7) is 0.931.